The second-order valence-electron chi connectivity index (χ2n) is 7.09. The molecule has 6 nitrogen and oxygen atoms in total. The highest BCUT2D eigenvalue weighted by Gasteiger charge is 2.55. The second-order valence-corrected chi connectivity index (χ2v) is 8.70. The first-order chi connectivity index (χ1) is 12.9. The van der Waals surface area contributed by atoms with E-state index in [4.69, 9.17) is 11.6 Å². The molecule has 1 aliphatic carbocycles. The molecule has 27 heavy (non-hydrogen) atoms. The topological polar surface area (TPSA) is 78.5 Å². The third-order valence-corrected chi connectivity index (χ3v) is 6.58. The van der Waals surface area contributed by atoms with Gasteiger partial charge in [0.05, 0.1) is 0 Å². The number of carbonyl (C=O) groups is 3. The number of nitrogens with zero attached hydrogens (tertiary/aromatic N) is 1. The molecule has 1 aliphatic heterocycles. The van der Waals surface area contributed by atoms with Gasteiger partial charge >= 0.3 is 6.03 Å². The van der Waals surface area contributed by atoms with Crippen molar-refractivity contribution in [1.29, 1.82) is 0 Å². The number of benzene rings is 1. The van der Waals surface area contributed by atoms with E-state index in [1.165, 1.54) is 0 Å². The van der Waals surface area contributed by atoms with Crippen molar-refractivity contribution in [1.82, 2.24) is 15.5 Å². The Morgan fingerprint density at radius 1 is 1.33 bits per heavy atom. The molecule has 1 spiro atoms. The summed E-state index contributed by atoms with van der Waals surface area (Å²) in [6, 6.07) is 7.03. The molecule has 1 aromatic carbocycles. The van der Waals surface area contributed by atoms with Gasteiger partial charge < -0.3 is 10.6 Å². The quantitative estimate of drug-likeness (QED) is 0.430. The van der Waals surface area contributed by atoms with Crippen LogP contribution in [0.1, 0.15) is 32.6 Å². The van der Waals surface area contributed by atoms with Gasteiger partial charge in [0.25, 0.3) is 5.91 Å². The molecule has 0 unspecified atom stereocenters. The van der Waals surface area contributed by atoms with Crippen molar-refractivity contribution in [2.45, 2.75) is 43.0 Å². The Morgan fingerprint density at radius 2 is 2.07 bits per heavy atom. The Balaban J connectivity index is 1.47. The Hall–Kier alpha value is -1.73. The number of carbonyl (C=O) groups excluding carboxylic acids is 3. The normalized spacial score (nSPS) is 25.0. The average Bonchev–Trinajstić information content (AvgIpc) is 2.88. The van der Waals surface area contributed by atoms with Crippen molar-refractivity contribution in [3.05, 3.63) is 29.3 Å². The third kappa shape index (κ3) is 4.41. The third-order valence-electron chi connectivity index (χ3n) is 5.31. The minimum atomic E-state index is -0.819. The molecule has 0 aromatic heterocycles. The van der Waals surface area contributed by atoms with Crippen LogP contribution in [0.15, 0.2) is 29.2 Å². The predicted molar refractivity (Wildman–Crippen MR) is 106 cm³/mol. The Labute approximate surface area is 168 Å². The Bertz CT molecular complexity index is 727. The summed E-state index contributed by atoms with van der Waals surface area (Å²) in [4.78, 5) is 39.4. The minimum Gasteiger partial charge on any atom is -0.354 e. The zero-order valence-electron chi connectivity index (χ0n) is 15.3. The van der Waals surface area contributed by atoms with Crippen molar-refractivity contribution in [3.63, 3.8) is 0 Å². The molecule has 0 radical (unpaired) electrons. The van der Waals surface area contributed by atoms with Crippen LogP contribution in [-0.2, 0) is 9.59 Å². The number of amides is 4. The summed E-state index contributed by atoms with van der Waals surface area (Å²) >= 11 is 7.45. The van der Waals surface area contributed by atoms with E-state index in [9.17, 15) is 14.4 Å². The number of nitrogens with one attached hydrogen (secondary N) is 2. The van der Waals surface area contributed by atoms with Gasteiger partial charge in [-0.3, -0.25) is 14.5 Å². The highest BCUT2D eigenvalue weighted by molar-refractivity contribution is 7.99. The fourth-order valence-corrected chi connectivity index (χ4v) is 4.62. The summed E-state index contributed by atoms with van der Waals surface area (Å²) in [6.07, 6.45) is 3.54. The SMILES string of the molecule is C[C@@H]1CCCC[C@@]12NC(=O)N(CC(=O)NCCSc1ccc(Cl)cc1)C2=O. The van der Waals surface area contributed by atoms with Crippen molar-refractivity contribution < 1.29 is 14.4 Å². The van der Waals surface area contributed by atoms with Gasteiger partial charge in [0, 0.05) is 22.2 Å². The maximum atomic E-state index is 12.8. The number of imide groups is 1. The van der Waals surface area contributed by atoms with Gasteiger partial charge in [-0.1, -0.05) is 31.4 Å². The lowest BCUT2D eigenvalue weighted by Gasteiger charge is -2.36. The Kier molecular flexibility index (Phi) is 6.32. The molecule has 1 saturated heterocycles. The number of hydrogen-bond acceptors (Lipinski definition) is 4. The van der Waals surface area contributed by atoms with Crippen molar-refractivity contribution in [3.8, 4) is 0 Å². The van der Waals surface area contributed by atoms with E-state index in [-0.39, 0.29) is 24.3 Å². The maximum Gasteiger partial charge on any atom is 0.325 e. The van der Waals surface area contributed by atoms with E-state index in [0.717, 1.165) is 29.1 Å². The first-order valence-electron chi connectivity index (χ1n) is 9.21. The lowest BCUT2D eigenvalue weighted by Crippen LogP contribution is -2.54. The van der Waals surface area contributed by atoms with Gasteiger partial charge in [0.2, 0.25) is 5.91 Å². The molecule has 4 amide bonds. The van der Waals surface area contributed by atoms with Crippen LogP contribution in [0, 0.1) is 5.92 Å². The van der Waals surface area contributed by atoms with Gasteiger partial charge in [-0.15, -0.1) is 11.8 Å². The van der Waals surface area contributed by atoms with Crippen molar-refractivity contribution in [2.75, 3.05) is 18.8 Å². The van der Waals surface area contributed by atoms with Crippen LogP contribution in [0.25, 0.3) is 0 Å². The van der Waals surface area contributed by atoms with Crippen molar-refractivity contribution >= 4 is 41.2 Å². The summed E-state index contributed by atoms with van der Waals surface area (Å²) in [5, 5.41) is 6.32. The summed E-state index contributed by atoms with van der Waals surface area (Å²) in [6.45, 7) is 2.22. The maximum absolute atomic E-state index is 12.8. The van der Waals surface area contributed by atoms with Gasteiger partial charge in [0.1, 0.15) is 12.1 Å². The molecule has 2 atom stereocenters. The van der Waals surface area contributed by atoms with Crippen LogP contribution in [0.4, 0.5) is 4.79 Å². The minimum absolute atomic E-state index is 0.0894. The number of halogens is 1. The van der Waals surface area contributed by atoms with E-state index >= 15 is 0 Å². The second kappa shape index (κ2) is 8.52. The first kappa shape index (κ1) is 20.0. The summed E-state index contributed by atoms with van der Waals surface area (Å²) in [7, 11) is 0. The molecule has 2 fully saturated rings. The van der Waals surface area contributed by atoms with E-state index in [1.807, 2.05) is 31.2 Å². The number of urea groups is 1. The molecule has 1 aromatic rings. The molecule has 2 aliphatic rings. The molecule has 8 heteroatoms. The van der Waals surface area contributed by atoms with Gasteiger partial charge in [-0.2, -0.15) is 0 Å². The van der Waals surface area contributed by atoms with Crippen LogP contribution in [0.5, 0.6) is 0 Å². The van der Waals surface area contributed by atoms with Crippen LogP contribution >= 0.6 is 23.4 Å². The molecule has 1 heterocycles. The highest BCUT2D eigenvalue weighted by atomic mass is 35.5. The molecule has 146 valence electrons. The van der Waals surface area contributed by atoms with E-state index in [0.29, 0.717) is 23.7 Å². The van der Waals surface area contributed by atoms with E-state index < -0.39 is 11.6 Å². The zero-order chi connectivity index (χ0) is 19.4. The number of thioether (sulfide) groups is 1. The van der Waals surface area contributed by atoms with Gasteiger partial charge in [-0.05, 0) is 43.0 Å². The Morgan fingerprint density at radius 3 is 2.78 bits per heavy atom. The summed E-state index contributed by atoms with van der Waals surface area (Å²) < 4.78 is 0. The standard InChI is InChI=1S/C19H24ClN3O3S/c1-13-4-2-3-9-19(13)17(25)23(18(26)22-19)12-16(24)21-10-11-27-15-7-5-14(20)6-8-15/h5-8,13H,2-4,9-12H2,1H3,(H,21,24)(H,22,26)/t13-,19-/m1/s1. The van der Waals surface area contributed by atoms with Crippen molar-refractivity contribution in [2.24, 2.45) is 5.92 Å². The molecule has 0 bridgehead atoms. The van der Waals surface area contributed by atoms with E-state index in [2.05, 4.69) is 10.6 Å². The smallest absolute Gasteiger partial charge is 0.325 e. The van der Waals surface area contributed by atoms with Gasteiger partial charge in [0.15, 0.2) is 0 Å². The van der Waals surface area contributed by atoms with Crippen LogP contribution in [-0.4, -0.2) is 47.1 Å². The highest BCUT2D eigenvalue weighted by Crippen LogP contribution is 2.38. The number of rotatable bonds is 6. The monoisotopic (exact) mass is 409 g/mol. The molecule has 2 N–H and O–H groups in total. The lowest BCUT2D eigenvalue weighted by molar-refractivity contribution is -0.137. The lowest BCUT2D eigenvalue weighted by atomic mass is 9.73. The average molecular weight is 410 g/mol. The van der Waals surface area contributed by atoms with Gasteiger partial charge in [-0.25, -0.2) is 4.79 Å². The van der Waals surface area contributed by atoms with Crippen LogP contribution in [0.3, 0.4) is 0 Å². The van der Waals surface area contributed by atoms with Crippen LogP contribution < -0.4 is 10.6 Å². The molecular weight excluding hydrogens is 386 g/mol. The van der Waals surface area contributed by atoms with Crippen LogP contribution in [0.2, 0.25) is 5.02 Å². The molecular formula is C19H24ClN3O3S. The largest absolute Gasteiger partial charge is 0.354 e. The molecule has 1 saturated carbocycles. The molecule has 3 rings (SSSR count). The zero-order valence-corrected chi connectivity index (χ0v) is 16.9. The predicted octanol–water partition coefficient (Wildman–Crippen LogP) is 3.05. The first-order valence-corrected chi connectivity index (χ1v) is 10.6. The fourth-order valence-electron chi connectivity index (χ4n) is 3.73. The fraction of sp³-hybridized carbons (Fsp3) is 0.526. The van der Waals surface area contributed by atoms with E-state index in [1.54, 1.807) is 11.8 Å². The number of hydrogen-bond donors (Lipinski definition) is 2. The summed E-state index contributed by atoms with van der Waals surface area (Å²) in [5.74, 6) is 0.196. The summed E-state index contributed by atoms with van der Waals surface area (Å²) in [5.41, 5.74) is -0.819.